The van der Waals surface area contributed by atoms with Crippen LogP contribution < -0.4 is 5.73 Å². The SMILES string of the molecule is COC1(c2cc(F)c(-c3ccc4cnc(Cc5cnccc5[C@@H]5CCC[C@H](N)C5)n4n3)c(F)c2)CCCC1. The topological polar surface area (TPSA) is 78.3 Å². The molecule has 0 amide bonds. The Labute approximate surface area is 221 Å². The molecule has 4 aromatic rings. The molecule has 0 saturated heterocycles. The van der Waals surface area contributed by atoms with Crippen molar-refractivity contribution in [2.75, 3.05) is 7.11 Å². The maximum atomic E-state index is 15.4. The molecule has 2 atom stereocenters. The summed E-state index contributed by atoms with van der Waals surface area (Å²) < 4.78 is 38.3. The van der Waals surface area contributed by atoms with Crippen molar-refractivity contribution in [3.05, 3.63) is 83.1 Å². The van der Waals surface area contributed by atoms with Crippen LogP contribution in [0, 0.1) is 11.6 Å². The third-order valence-corrected chi connectivity index (χ3v) is 8.53. The number of rotatable bonds is 6. The second-order valence-corrected chi connectivity index (χ2v) is 10.8. The Balaban J connectivity index is 1.35. The molecule has 0 spiro atoms. The molecule has 38 heavy (non-hydrogen) atoms. The summed E-state index contributed by atoms with van der Waals surface area (Å²) in [4.78, 5) is 8.97. The van der Waals surface area contributed by atoms with Crippen LogP contribution in [0.15, 0.2) is 48.9 Å². The third kappa shape index (κ3) is 4.50. The second-order valence-electron chi connectivity index (χ2n) is 10.8. The van der Waals surface area contributed by atoms with Gasteiger partial charge in [0.25, 0.3) is 0 Å². The van der Waals surface area contributed by atoms with Gasteiger partial charge in [-0.15, -0.1) is 0 Å². The third-order valence-electron chi connectivity index (χ3n) is 8.53. The van der Waals surface area contributed by atoms with Gasteiger partial charge in [0.2, 0.25) is 0 Å². The molecule has 2 N–H and O–H groups in total. The van der Waals surface area contributed by atoms with Crippen LogP contribution in [0.4, 0.5) is 8.78 Å². The van der Waals surface area contributed by atoms with Gasteiger partial charge in [-0.2, -0.15) is 5.10 Å². The van der Waals surface area contributed by atoms with E-state index >= 15 is 8.78 Å². The lowest BCUT2D eigenvalue weighted by Crippen LogP contribution is -2.27. The minimum absolute atomic E-state index is 0.141. The van der Waals surface area contributed by atoms with Gasteiger partial charge in [0.15, 0.2) is 0 Å². The monoisotopic (exact) mass is 517 g/mol. The van der Waals surface area contributed by atoms with Gasteiger partial charge in [0.1, 0.15) is 17.5 Å². The van der Waals surface area contributed by atoms with E-state index in [1.807, 2.05) is 12.4 Å². The fourth-order valence-corrected chi connectivity index (χ4v) is 6.49. The summed E-state index contributed by atoms with van der Waals surface area (Å²) >= 11 is 0. The van der Waals surface area contributed by atoms with Crippen LogP contribution in [0.1, 0.15) is 79.8 Å². The summed E-state index contributed by atoms with van der Waals surface area (Å²) in [6.45, 7) is 0. The maximum Gasteiger partial charge on any atom is 0.136 e. The zero-order chi connectivity index (χ0) is 26.3. The Bertz CT molecular complexity index is 1440. The number of benzene rings is 1. The molecule has 198 valence electrons. The average molecular weight is 518 g/mol. The van der Waals surface area contributed by atoms with Crippen molar-refractivity contribution < 1.29 is 13.5 Å². The molecule has 2 saturated carbocycles. The van der Waals surface area contributed by atoms with Crippen LogP contribution in [-0.2, 0) is 16.8 Å². The van der Waals surface area contributed by atoms with Crippen molar-refractivity contribution in [1.82, 2.24) is 19.6 Å². The number of aromatic nitrogens is 4. The molecule has 2 aliphatic carbocycles. The van der Waals surface area contributed by atoms with Crippen LogP contribution in [0.25, 0.3) is 16.8 Å². The standard InChI is InChI=1S/C30H33F2N5O/c1-38-30(10-2-3-11-30)21-15-25(31)29(26(32)16-21)27-8-7-23-18-35-28(37(23)36-27)14-20-17-34-12-9-24(20)19-5-4-6-22(33)13-19/h7-9,12,15-19,22H,2-6,10-11,13-14,33H2,1H3/t19-,22+/m1/s1. The molecule has 0 radical (unpaired) electrons. The van der Waals surface area contributed by atoms with Gasteiger partial charge in [-0.05, 0) is 85.0 Å². The zero-order valence-corrected chi connectivity index (χ0v) is 21.7. The molecule has 3 heterocycles. The molecular formula is C30H33F2N5O. The predicted octanol–water partition coefficient (Wildman–Crippen LogP) is 6.06. The van der Waals surface area contributed by atoms with Crippen molar-refractivity contribution in [3.63, 3.8) is 0 Å². The largest absolute Gasteiger partial charge is 0.374 e. The number of nitrogens with zero attached hydrogens (tertiary/aromatic N) is 4. The Morgan fingerprint density at radius 1 is 1.05 bits per heavy atom. The molecule has 6 rings (SSSR count). The fourth-order valence-electron chi connectivity index (χ4n) is 6.49. The highest BCUT2D eigenvalue weighted by Gasteiger charge is 2.37. The Morgan fingerprint density at radius 3 is 2.58 bits per heavy atom. The van der Waals surface area contributed by atoms with E-state index in [1.54, 1.807) is 30.0 Å². The van der Waals surface area contributed by atoms with Crippen LogP contribution in [0.5, 0.6) is 0 Å². The second kappa shape index (κ2) is 10.2. The van der Waals surface area contributed by atoms with Crippen LogP contribution in [-0.4, -0.2) is 32.7 Å². The van der Waals surface area contributed by atoms with Gasteiger partial charge in [-0.1, -0.05) is 19.3 Å². The van der Waals surface area contributed by atoms with Crippen LogP contribution >= 0.6 is 0 Å². The lowest BCUT2D eigenvalue weighted by molar-refractivity contribution is -0.00914. The highest BCUT2D eigenvalue weighted by Crippen LogP contribution is 2.43. The molecular weight excluding hydrogens is 484 g/mol. The first-order valence-corrected chi connectivity index (χ1v) is 13.5. The minimum Gasteiger partial charge on any atom is -0.374 e. The van der Waals surface area contributed by atoms with Gasteiger partial charge in [-0.3, -0.25) is 4.98 Å². The first-order chi connectivity index (χ1) is 18.5. The number of fused-ring (bicyclic) bond motifs is 1. The number of ether oxygens (including phenoxy) is 1. The first kappa shape index (κ1) is 25.1. The predicted molar refractivity (Wildman–Crippen MR) is 142 cm³/mol. The van der Waals surface area contributed by atoms with Gasteiger partial charge in [0.05, 0.1) is 28.6 Å². The molecule has 0 aliphatic heterocycles. The van der Waals surface area contributed by atoms with Crippen LogP contribution in [0.3, 0.4) is 0 Å². The van der Waals surface area contributed by atoms with Crippen molar-refractivity contribution in [3.8, 4) is 11.3 Å². The van der Waals surface area contributed by atoms with E-state index in [2.05, 4.69) is 21.1 Å². The van der Waals surface area contributed by atoms with E-state index in [0.717, 1.165) is 62.4 Å². The number of nitrogens with two attached hydrogens (primary N) is 1. The van der Waals surface area contributed by atoms with E-state index in [4.69, 9.17) is 10.5 Å². The molecule has 3 aromatic heterocycles. The quantitative estimate of drug-likeness (QED) is 0.336. The smallest absolute Gasteiger partial charge is 0.136 e. The van der Waals surface area contributed by atoms with E-state index in [9.17, 15) is 0 Å². The number of methoxy groups -OCH3 is 1. The Morgan fingerprint density at radius 2 is 1.84 bits per heavy atom. The number of halogens is 2. The summed E-state index contributed by atoms with van der Waals surface area (Å²) in [5.41, 5.74) is 9.36. The highest BCUT2D eigenvalue weighted by molar-refractivity contribution is 5.63. The lowest BCUT2D eigenvalue weighted by atomic mass is 9.80. The van der Waals surface area contributed by atoms with Crippen molar-refractivity contribution in [2.24, 2.45) is 5.73 Å². The minimum atomic E-state index is -0.639. The number of hydrogen-bond acceptors (Lipinski definition) is 5. The van der Waals surface area contributed by atoms with Crippen molar-refractivity contribution >= 4 is 5.52 Å². The number of imidazole rings is 1. The number of hydrogen-bond donors (Lipinski definition) is 1. The number of pyridine rings is 1. The zero-order valence-electron chi connectivity index (χ0n) is 21.7. The van der Waals surface area contributed by atoms with Gasteiger partial charge < -0.3 is 10.5 Å². The van der Waals surface area contributed by atoms with E-state index in [-0.39, 0.29) is 17.3 Å². The van der Waals surface area contributed by atoms with Crippen molar-refractivity contribution in [2.45, 2.75) is 75.3 Å². The summed E-state index contributed by atoms with van der Waals surface area (Å²) in [6.07, 6.45) is 13.7. The molecule has 8 heteroatoms. The Kier molecular flexibility index (Phi) is 6.70. The molecule has 6 nitrogen and oxygen atoms in total. The van der Waals surface area contributed by atoms with Crippen molar-refractivity contribution in [1.29, 1.82) is 0 Å². The lowest BCUT2D eigenvalue weighted by Gasteiger charge is -2.28. The fraction of sp³-hybridized carbons (Fsp3) is 0.433. The summed E-state index contributed by atoms with van der Waals surface area (Å²) in [5.74, 6) is -0.193. The van der Waals surface area contributed by atoms with Gasteiger partial charge >= 0.3 is 0 Å². The normalized spacial score (nSPS) is 21.3. The maximum absolute atomic E-state index is 15.4. The van der Waals surface area contributed by atoms with Crippen LogP contribution in [0.2, 0.25) is 0 Å². The van der Waals surface area contributed by atoms with Gasteiger partial charge in [-0.25, -0.2) is 18.3 Å². The van der Waals surface area contributed by atoms with Gasteiger partial charge in [0, 0.05) is 32.0 Å². The molecule has 2 aliphatic rings. The van der Waals surface area contributed by atoms with E-state index in [0.29, 0.717) is 23.7 Å². The molecule has 0 bridgehead atoms. The molecule has 0 unspecified atom stereocenters. The van der Waals surface area contributed by atoms with E-state index in [1.165, 1.54) is 17.7 Å². The molecule has 2 fully saturated rings. The van der Waals surface area contributed by atoms with E-state index < -0.39 is 17.2 Å². The first-order valence-electron chi connectivity index (χ1n) is 13.5. The summed E-state index contributed by atoms with van der Waals surface area (Å²) in [7, 11) is 1.61. The summed E-state index contributed by atoms with van der Waals surface area (Å²) in [5, 5.41) is 4.64. The molecule has 1 aromatic carbocycles. The summed E-state index contributed by atoms with van der Waals surface area (Å²) in [6, 6.07) is 8.55. The Hall–Kier alpha value is -3.23. The average Bonchev–Trinajstić information content (AvgIpc) is 3.57. The highest BCUT2D eigenvalue weighted by atomic mass is 19.1.